The molecule has 5 nitrogen and oxygen atoms in total. The van der Waals surface area contributed by atoms with Crippen molar-refractivity contribution >= 4 is 11.6 Å². The zero-order valence-electron chi connectivity index (χ0n) is 11.5. The minimum atomic E-state index is -0.376. The Balaban J connectivity index is 2.20. The molecular formula is C14H17FN4O. The van der Waals surface area contributed by atoms with Gasteiger partial charge >= 0.3 is 0 Å². The van der Waals surface area contributed by atoms with Crippen molar-refractivity contribution in [1.82, 2.24) is 9.78 Å². The monoisotopic (exact) mass is 276 g/mol. The van der Waals surface area contributed by atoms with Gasteiger partial charge in [0.05, 0.1) is 5.69 Å². The molecule has 1 aromatic heterocycles. The lowest BCUT2D eigenvalue weighted by Gasteiger charge is -2.07. The molecule has 0 radical (unpaired) electrons. The van der Waals surface area contributed by atoms with E-state index in [1.165, 1.54) is 22.9 Å². The predicted octanol–water partition coefficient (Wildman–Crippen LogP) is 1.83. The summed E-state index contributed by atoms with van der Waals surface area (Å²) in [6, 6.07) is 6.06. The zero-order chi connectivity index (χ0) is 14.7. The highest BCUT2D eigenvalue weighted by atomic mass is 19.1. The van der Waals surface area contributed by atoms with Crippen LogP contribution >= 0.6 is 0 Å². The maximum absolute atomic E-state index is 13.3. The molecule has 0 aliphatic rings. The SMILES string of the molecule is CCc1cc(C(=O)Nc2ccc(F)c(CN)c2)n(C)n1. The number of carbonyl (C=O) groups is 1. The average molecular weight is 276 g/mol. The molecule has 3 N–H and O–H groups in total. The van der Waals surface area contributed by atoms with Gasteiger partial charge in [0.15, 0.2) is 0 Å². The molecule has 0 spiro atoms. The van der Waals surface area contributed by atoms with Crippen LogP contribution in [-0.4, -0.2) is 15.7 Å². The number of aryl methyl sites for hydroxylation is 2. The van der Waals surface area contributed by atoms with Crippen LogP contribution in [0.1, 0.15) is 28.7 Å². The van der Waals surface area contributed by atoms with E-state index < -0.39 is 0 Å². The van der Waals surface area contributed by atoms with Gasteiger partial charge in [-0.05, 0) is 30.7 Å². The molecule has 0 saturated heterocycles. The molecule has 0 fully saturated rings. The molecule has 6 heteroatoms. The molecule has 0 aliphatic heterocycles. The number of amides is 1. The standard InChI is InChI=1S/C14H17FN4O/c1-3-10-7-13(19(2)18-10)14(20)17-11-4-5-12(15)9(6-11)8-16/h4-7H,3,8,16H2,1-2H3,(H,17,20). The van der Waals surface area contributed by atoms with Crippen molar-refractivity contribution < 1.29 is 9.18 Å². The van der Waals surface area contributed by atoms with Gasteiger partial charge in [0.25, 0.3) is 5.91 Å². The Morgan fingerprint density at radius 3 is 2.80 bits per heavy atom. The third-order valence-electron chi connectivity index (χ3n) is 3.05. The van der Waals surface area contributed by atoms with Crippen LogP contribution < -0.4 is 11.1 Å². The topological polar surface area (TPSA) is 72.9 Å². The molecule has 1 aromatic carbocycles. The van der Waals surface area contributed by atoms with Crippen LogP contribution in [0.3, 0.4) is 0 Å². The smallest absolute Gasteiger partial charge is 0.273 e. The second-order valence-corrected chi connectivity index (χ2v) is 4.46. The van der Waals surface area contributed by atoms with E-state index in [0.717, 1.165) is 12.1 Å². The minimum Gasteiger partial charge on any atom is -0.326 e. The Morgan fingerprint density at radius 2 is 2.20 bits per heavy atom. The minimum absolute atomic E-state index is 0.0846. The predicted molar refractivity (Wildman–Crippen MR) is 74.8 cm³/mol. The zero-order valence-corrected chi connectivity index (χ0v) is 11.5. The molecular weight excluding hydrogens is 259 g/mol. The molecule has 0 unspecified atom stereocenters. The maximum Gasteiger partial charge on any atom is 0.273 e. The van der Waals surface area contributed by atoms with E-state index in [-0.39, 0.29) is 18.3 Å². The van der Waals surface area contributed by atoms with E-state index in [2.05, 4.69) is 10.4 Å². The lowest BCUT2D eigenvalue weighted by Crippen LogP contribution is -2.16. The number of rotatable bonds is 4. The summed E-state index contributed by atoms with van der Waals surface area (Å²) in [6.45, 7) is 2.05. The van der Waals surface area contributed by atoms with E-state index in [1.807, 2.05) is 6.92 Å². The normalized spacial score (nSPS) is 10.6. The van der Waals surface area contributed by atoms with Crippen molar-refractivity contribution in [2.45, 2.75) is 19.9 Å². The number of carbonyl (C=O) groups excluding carboxylic acids is 1. The molecule has 1 heterocycles. The number of nitrogens with one attached hydrogen (secondary N) is 1. The first kappa shape index (κ1) is 14.2. The lowest BCUT2D eigenvalue weighted by atomic mass is 10.2. The van der Waals surface area contributed by atoms with Crippen molar-refractivity contribution in [3.05, 3.63) is 47.0 Å². The van der Waals surface area contributed by atoms with E-state index in [1.54, 1.807) is 13.1 Å². The molecule has 20 heavy (non-hydrogen) atoms. The summed E-state index contributed by atoms with van der Waals surface area (Å²) in [6.07, 6.45) is 0.759. The summed E-state index contributed by atoms with van der Waals surface area (Å²) in [5, 5.41) is 6.93. The molecule has 0 saturated carbocycles. The van der Waals surface area contributed by atoms with Crippen molar-refractivity contribution in [2.75, 3.05) is 5.32 Å². The molecule has 106 valence electrons. The van der Waals surface area contributed by atoms with E-state index in [9.17, 15) is 9.18 Å². The Bertz CT molecular complexity index is 636. The summed E-state index contributed by atoms with van der Waals surface area (Å²) in [4.78, 5) is 12.2. The van der Waals surface area contributed by atoms with Gasteiger partial charge in [-0.15, -0.1) is 0 Å². The highest BCUT2D eigenvalue weighted by Gasteiger charge is 2.13. The number of aromatic nitrogens is 2. The second-order valence-electron chi connectivity index (χ2n) is 4.46. The van der Waals surface area contributed by atoms with Gasteiger partial charge in [-0.2, -0.15) is 5.10 Å². The quantitative estimate of drug-likeness (QED) is 0.894. The summed E-state index contributed by atoms with van der Waals surface area (Å²) >= 11 is 0. The highest BCUT2D eigenvalue weighted by Crippen LogP contribution is 2.15. The molecule has 0 aliphatic carbocycles. The molecule has 0 atom stereocenters. The number of halogens is 1. The summed E-state index contributed by atoms with van der Waals surface area (Å²) in [5.41, 5.74) is 7.62. The first-order valence-corrected chi connectivity index (χ1v) is 6.38. The van der Waals surface area contributed by atoms with Crippen LogP contribution in [0.2, 0.25) is 0 Å². The summed E-state index contributed by atoms with van der Waals surface area (Å²) < 4.78 is 14.9. The number of benzene rings is 1. The van der Waals surface area contributed by atoms with Crippen LogP contribution in [-0.2, 0) is 20.0 Å². The van der Waals surface area contributed by atoms with Gasteiger partial charge in [-0.25, -0.2) is 4.39 Å². The van der Waals surface area contributed by atoms with Crippen LogP contribution in [0.4, 0.5) is 10.1 Å². The van der Waals surface area contributed by atoms with Crippen LogP contribution in [0.15, 0.2) is 24.3 Å². The highest BCUT2D eigenvalue weighted by molar-refractivity contribution is 6.03. The summed E-state index contributed by atoms with van der Waals surface area (Å²) in [7, 11) is 1.71. The Morgan fingerprint density at radius 1 is 1.45 bits per heavy atom. The Labute approximate surface area is 116 Å². The van der Waals surface area contributed by atoms with Gasteiger partial charge in [0.2, 0.25) is 0 Å². The maximum atomic E-state index is 13.3. The molecule has 0 bridgehead atoms. The van der Waals surface area contributed by atoms with E-state index in [0.29, 0.717) is 16.9 Å². The van der Waals surface area contributed by atoms with Crippen LogP contribution in [0.25, 0.3) is 0 Å². The first-order valence-electron chi connectivity index (χ1n) is 6.38. The number of hydrogen-bond donors (Lipinski definition) is 2. The van der Waals surface area contributed by atoms with E-state index in [4.69, 9.17) is 5.73 Å². The number of nitrogens with two attached hydrogens (primary N) is 1. The van der Waals surface area contributed by atoms with Crippen LogP contribution in [0.5, 0.6) is 0 Å². The molecule has 2 rings (SSSR count). The van der Waals surface area contributed by atoms with Crippen molar-refractivity contribution in [2.24, 2.45) is 12.8 Å². The number of hydrogen-bond acceptors (Lipinski definition) is 3. The van der Waals surface area contributed by atoms with Crippen molar-refractivity contribution in [3.8, 4) is 0 Å². The largest absolute Gasteiger partial charge is 0.326 e. The third kappa shape index (κ3) is 2.85. The van der Waals surface area contributed by atoms with Crippen molar-refractivity contribution in [1.29, 1.82) is 0 Å². The Hall–Kier alpha value is -2.21. The van der Waals surface area contributed by atoms with Gasteiger partial charge in [0, 0.05) is 24.8 Å². The van der Waals surface area contributed by atoms with Gasteiger partial charge in [0.1, 0.15) is 11.5 Å². The second kappa shape index (κ2) is 5.83. The third-order valence-corrected chi connectivity index (χ3v) is 3.05. The fraction of sp³-hybridized carbons (Fsp3) is 0.286. The average Bonchev–Trinajstić information content (AvgIpc) is 2.82. The lowest BCUT2D eigenvalue weighted by molar-refractivity contribution is 0.101. The number of nitrogens with zero attached hydrogens (tertiary/aromatic N) is 2. The fourth-order valence-electron chi connectivity index (χ4n) is 1.92. The molecule has 1 amide bonds. The van der Waals surface area contributed by atoms with Gasteiger partial charge in [-0.3, -0.25) is 9.48 Å². The summed E-state index contributed by atoms with van der Waals surface area (Å²) in [5.74, 6) is -0.659. The van der Waals surface area contributed by atoms with Crippen LogP contribution in [0, 0.1) is 5.82 Å². The van der Waals surface area contributed by atoms with E-state index >= 15 is 0 Å². The van der Waals surface area contributed by atoms with Gasteiger partial charge < -0.3 is 11.1 Å². The Kier molecular flexibility index (Phi) is 4.14. The van der Waals surface area contributed by atoms with Crippen molar-refractivity contribution in [3.63, 3.8) is 0 Å². The molecule has 2 aromatic rings. The van der Waals surface area contributed by atoms with Gasteiger partial charge in [-0.1, -0.05) is 6.92 Å². The fourth-order valence-corrected chi connectivity index (χ4v) is 1.92. The first-order chi connectivity index (χ1) is 9.55. The number of anilines is 1.